The summed E-state index contributed by atoms with van der Waals surface area (Å²) in [5, 5.41) is 10.9. The fourth-order valence-electron chi connectivity index (χ4n) is 2.45. The number of nitro groups is 1. The highest BCUT2D eigenvalue weighted by Crippen LogP contribution is 2.32. The largest absolute Gasteiger partial charge is 0.354 e. The van der Waals surface area contributed by atoms with E-state index >= 15 is 0 Å². The molecule has 6 nitrogen and oxygen atoms in total. The summed E-state index contributed by atoms with van der Waals surface area (Å²) in [6.07, 6.45) is 6.10. The predicted octanol–water partition coefficient (Wildman–Crippen LogP) is 2.66. The van der Waals surface area contributed by atoms with Crippen molar-refractivity contribution in [2.45, 2.75) is 25.7 Å². The molecule has 0 N–H and O–H groups in total. The molecule has 0 amide bonds. The summed E-state index contributed by atoms with van der Waals surface area (Å²) in [4.78, 5) is 19.9. The summed E-state index contributed by atoms with van der Waals surface area (Å²) >= 11 is 5.77. The molecule has 1 heterocycles. The van der Waals surface area contributed by atoms with Gasteiger partial charge in [-0.15, -0.1) is 0 Å². The molecule has 18 heavy (non-hydrogen) atoms. The number of halogens is 1. The first-order valence-corrected chi connectivity index (χ1v) is 6.33. The number of hydrogen-bond donors (Lipinski definition) is 0. The predicted molar refractivity (Wildman–Crippen MR) is 68.9 cm³/mol. The molecule has 1 aliphatic rings. The fourth-order valence-corrected chi connectivity index (χ4v) is 2.65. The lowest BCUT2D eigenvalue weighted by molar-refractivity contribution is -0.384. The minimum atomic E-state index is -0.525. The molecule has 7 heteroatoms. The molecule has 0 atom stereocenters. The van der Waals surface area contributed by atoms with Crippen molar-refractivity contribution in [1.29, 1.82) is 0 Å². The molecule has 2 rings (SSSR count). The highest BCUT2D eigenvalue weighted by molar-refractivity contribution is 6.31. The topological polar surface area (TPSA) is 72.2 Å². The maximum Gasteiger partial charge on any atom is 0.348 e. The lowest BCUT2D eigenvalue weighted by atomic mass is 10.1. The molecule has 1 fully saturated rings. The first-order valence-electron chi connectivity index (χ1n) is 5.95. The molecule has 0 unspecified atom stereocenters. The van der Waals surface area contributed by atoms with E-state index in [1.807, 2.05) is 11.9 Å². The van der Waals surface area contributed by atoms with Gasteiger partial charge in [0.2, 0.25) is 11.0 Å². The van der Waals surface area contributed by atoms with Crippen molar-refractivity contribution in [2.24, 2.45) is 5.92 Å². The summed E-state index contributed by atoms with van der Waals surface area (Å²) < 4.78 is 0. The second-order valence-corrected chi connectivity index (χ2v) is 4.98. The van der Waals surface area contributed by atoms with Crippen LogP contribution >= 0.6 is 11.6 Å². The van der Waals surface area contributed by atoms with Gasteiger partial charge >= 0.3 is 5.69 Å². The number of hydrogen-bond acceptors (Lipinski definition) is 5. The van der Waals surface area contributed by atoms with Crippen molar-refractivity contribution >= 4 is 23.1 Å². The van der Waals surface area contributed by atoms with E-state index < -0.39 is 4.92 Å². The van der Waals surface area contributed by atoms with E-state index in [2.05, 4.69) is 9.97 Å². The minimum Gasteiger partial charge on any atom is -0.354 e. The highest BCUT2D eigenvalue weighted by atomic mass is 35.5. The van der Waals surface area contributed by atoms with Gasteiger partial charge in [-0.1, -0.05) is 24.4 Å². The second kappa shape index (κ2) is 5.48. The molecular weight excluding hydrogens is 256 g/mol. The Hall–Kier alpha value is -1.43. The Kier molecular flexibility index (Phi) is 3.96. The molecule has 0 spiro atoms. The number of aromatic nitrogens is 2. The Morgan fingerprint density at radius 3 is 2.78 bits per heavy atom. The average Bonchev–Trinajstić information content (AvgIpc) is 2.80. The monoisotopic (exact) mass is 270 g/mol. The molecule has 1 saturated carbocycles. The molecule has 1 aromatic rings. The van der Waals surface area contributed by atoms with Gasteiger partial charge in [0.25, 0.3) is 0 Å². The number of nitrogens with zero attached hydrogens (tertiary/aromatic N) is 4. The molecule has 0 aromatic carbocycles. The molecule has 1 aromatic heterocycles. The maximum atomic E-state index is 11.0. The van der Waals surface area contributed by atoms with Crippen LogP contribution in [0.15, 0.2) is 6.33 Å². The zero-order valence-electron chi connectivity index (χ0n) is 10.2. The third-order valence-corrected chi connectivity index (χ3v) is 3.59. The Bertz CT molecular complexity index is 449. The summed E-state index contributed by atoms with van der Waals surface area (Å²) in [5.74, 6) is 0.884. The maximum absolute atomic E-state index is 11.0. The highest BCUT2D eigenvalue weighted by Gasteiger charge is 2.26. The summed E-state index contributed by atoms with van der Waals surface area (Å²) in [5.41, 5.74) is -0.209. The van der Waals surface area contributed by atoms with E-state index in [4.69, 9.17) is 11.6 Å². The zero-order chi connectivity index (χ0) is 13.1. The van der Waals surface area contributed by atoms with Crippen LogP contribution in [0.25, 0.3) is 0 Å². The van der Waals surface area contributed by atoms with Crippen molar-refractivity contribution in [3.05, 3.63) is 21.6 Å². The van der Waals surface area contributed by atoms with Gasteiger partial charge < -0.3 is 4.90 Å². The van der Waals surface area contributed by atoms with Crippen molar-refractivity contribution < 1.29 is 4.92 Å². The number of anilines is 1. The Morgan fingerprint density at radius 1 is 1.50 bits per heavy atom. The van der Waals surface area contributed by atoms with Gasteiger partial charge in [-0.3, -0.25) is 10.1 Å². The molecular formula is C11H15ClN4O2. The van der Waals surface area contributed by atoms with Gasteiger partial charge in [0.05, 0.1) is 4.92 Å². The van der Waals surface area contributed by atoms with Crippen LogP contribution in [0.2, 0.25) is 5.15 Å². The fraction of sp³-hybridized carbons (Fsp3) is 0.636. The van der Waals surface area contributed by atoms with Gasteiger partial charge in [-0.05, 0) is 18.8 Å². The molecule has 0 bridgehead atoms. The SMILES string of the molecule is CN(CC1CCCC1)c1ncnc(Cl)c1[N+](=O)[O-]. The summed E-state index contributed by atoms with van der Waals surface area (Å²) in [6, 6.07) is 0. The third kappa shape index (κ3) is 2.69. The van der Waals surface area contributed by atoms with Gasteiger partial charge in [0.15, 0.2) is 0 Å². The lowest BCUT2D eigenvalue weighted by Gasteiger charge is -2.21. The molecule has 98 valence electrons. The van der Waals surface area contributed by atoms with Crippen molar-refractivity contribution in [2.75, 3.05) is 18.5 Å². The van der Waals surface area contributed by atoms with Gasteiger partial charge in [-0.2, -0.15) is 0 Å². The van der Waals surface area contributed by atoms with Crippen LogP contribution in [-0.4, -0.2) is 28.5 Å². The first kappa shape index (κ1) is 13.0. The zero-order valence-corrected chi connectivity index (χ0v) is 10.9. The quantitative estimate of drug-likeness (QED) is 0.478. The Labute approximate surface area is 110 Å². The summed E-state index contributed by atoms with van der Waals surface area (Å²) in [6.45, 7) is 0.772. The van der Waals surface area contributed by atoms with Crippen molar-refractivity contribution in [3.8, 4) is 0 Å². The Balaban J connectivity index is 2.20. The van der Waals surface area contributed by atoms with Crippen LogP contribution in [-0.2, 0) is 0 Å². The molecule has 0 aliphatic heterocycles. The van der Waals surface area contributed by atoms with Gasteiger partial charge in [0.1, 0.15) is 6.33 Å². The van der Waals surface area contributed by atoms with Crippen LogP contribution in [0.1, 0.15) is 25.7 Å². The lowest BCUT2D eigenvalue weighted by Crippen LogP contribution is -2.25. The van der Waals surface area contributed by atoms with E-state index in [1.54, 1.807) is 0 Å². The smallest absolute Gasteiger partial charge is 0.348 e. The molecule has 1 aliphatic carbocycles. The standard InChI is InChI=1S/C11H15ClN4O2/c1-15(6-8-4-2-3-5-8)11-9(16(17)18)10(12)13-7-14-11/h7-8H,2-6H2,1H3. The normalized spacial score (nSPS) is 15.9. The summed E-state index contributed by atoms with van der Waals surface area (Å²) in [7, 11) is 1.81. The first-order chi connectivity index (χ1) is 8.59. The third-order valence-electron chi connectivity index (χ3n) is 3.31. The van der Waals surface area contributed by atoms with E-state index in [9.17, 15) is 10.1 Å². The van der Waals surface area contributed by atoms with Gasteiger partial charge in [0, 0.05) is 13.6 Å². The number of rotatable bonds is 4. The van der Waals surface area contributed by atoms with E-state index in [0.717, 1.165) is 6.54 Å². The van der Waals surface area contributed by atoms with Crippen LogP contribution in [0.3, 0.4) is 0 Å². The Morgan fingerprint density at radius 2 is 2.17 bits per heavy atom. The molecule has 0 saturated heterocycles. The minimum absolute atomic E-state index is 0.108. The van der Waals surface area contributed by atoms with E-state index in [0.29, 0.717) is 11.7 Å². The van der Waals surface area contributed by atoms with E-state index in [1.165, 1.54) is 32.0 Å². The van der Waals surface area contributed by atoms with Crippen LogP contribution in [0.5, 0.6) is 0 Å². The molecule has 0 radical (unpaired) electrons. The van der Waals surface area contributed by atoms with Crippen LogP contribution in [0, 0.1) is 16.0 Å². The van der Waals surface area contributed by atoms with Crippen LogP contribution in [0.4, 0.5) is 11.5 Å². The van der Waals surface area contributed by atoms with E-state index in [-0.39, 0.29) is 10.8 Å². The van der Waals surface area contributed by atoms with Crippen molar-refractivity contribution in [3.63, 3.8) is 0 Å². The van der Waals surface area contributed by atoms with Crippen molar-refractivity contribution in [1.82, 2.24) is 9.97 Å². The second-order valence-electron chi connectivity index (χ2n) is 4.62. The van der Waals surface area contributed by atoms with Crippen LogP contribution < -0.4 is 4.90 Å². The van der Waals surface area contributed by atoms with Gasteiger partial charge in [-0.25, -0.2) is 9.97 Å². The average molecular weight is 271 g/mol.